The molecule has 3 heterocycles. The summed E-state index contributed by atoms with van der Waals surface area (Å²) < 4.78 is 0. The lowest BCUT2D eigenvalue weighted by Gasteiger charge is -2.30. The Bertz CT molecular complexity index is 598. The number of aromatic amines is 2. The Morgan fingerprint density at radius 3 is 3.05 bits per heavy atom. The van der Waals surface area contributed by atoms with Crippen molar-refractivity contribution in [3.63, 3.8) is 0 Å². The van der Waals surface area contributed by atoms with Crippen LogP contribution < -0.4 is 15.8 Å². The van der Waals surface area contributed by atoms with Crippen LogP contribution in [0.15, 0.2) is 23.1 Å². The highest BCUT2D eigenvalue weighted by Crippen LogP contribution is 2.16. The lowest BCUT2D eigenvalue weighted by molar-refractivity contribution is 0.480. The van der Waals surface area contributed by atoms with Crippen LogP contribution in [0.4, 0.5) is 5.95 Å². The first-order valence-electron chi connectivity index (χ1n) is 6.32. The largest absolute Gasteiger partial charge is 0.337 e. The predicted molar refractivity (Wildman–Crippen MR) is 72.1 cm³/mol. The molecule has 0 saturated carbocycles. The van der Waals surface area contributed by atoms with E-state index in [0.717, 1.165) is 25.2 Å². The van der Waals surface area contributed by atoms with Crippen LogP contribution in [0.25, 0.3) is 11.4 Å². The summed E-state index contributed by atoms with van der Waals surface area (Å²) in [5.74, 6) is 1.37. The molecule has 1 atom stereocenters. The maximum Gasteiger partial charge on any atom is 0.247 e. The number of H-pyrrole nitrogens is 2. The minimum absolute atomic E-state index is 0.126. The number of anilines is 1. The average Bonchev–Trinajstić information content (AvgIpc) is 2.89. The number of nitrogens with one attached hydrogen (secondary N) is 3. The Labute approximate surface area is 110 Å². The molecule has 2 aromatic rings. The maximum absolute atomic E-state index is 11.0. The molecule has 1 saturated heterocycles. The van der Waals surface area contributed by atoms with Crippen molar-refractivity contribution in [2.45, 2.75) is 13.0 Å². The summed E-state index contributed by atoms with van der Waals surface area (Å²) in [6.07, 6.45) is 1.63. The summed E-state index contributed by atoms with van der Waals surface area (Å²) in [5.41, 5.74) is 0.695. The van der Waals surface area contributed by atoms with Crippen LogP contribution in [0, 0.1) is 0 Å². The third-order valence-electron chi connectivity index (χ3n) is 3.18. The SMILES string of the molecule is CC1CN(c2n[nH]c(-c3ccc(=O)[nH]c3)n2)CCN1. The van der Waals surface area contributed by atoms with E-state index in [1.165, 1.54) is 6.07 Å². The normalized spacial score (nSPS) is 19.6. The van der Waals surface area contributed by atoms with Crippen molar-refractivity contribution in [2.75, 3.05) is 24.5 Å². The first-order chi connectivity index (χ1) is 9.22. The maximum atomic E-state index is 11.0. The zero-order chi connectivity index (χ0) is 13.2. The van der Waals surface area contributed by atoms with Crippen LogP contribution in [-0.4, -0.2) is 45.8 Å². The van der Waals surface area contributed by atoms with Gasteiger partial charge >= 0.3 is 0 Å². The Hall–Kier alpha value is -2.15. The molecule has 0 aromatic carbocycles. The van der Waals surface area contributed by atoms with E-state index >= 15 is 0 Å². The van der Waals surface area contributed by atoms with Gasteiger partial charge in [0.25, 0.3) is 0 Å². The van der Waals surface area contributed by atoms with Gasteiger partial charge in [0, 0.05) is 43.5 Å². The van der Waals surface area contributed by atoms with Crippen molar-refractivity contribution in [2.24, 2.45) is 0 Å². The van der Waals surface area contributed by atoms with Crippen LogP contribution in [0.5, 0.6) is 0 Å². The van der Waals surface area contributed by atoms with Crippen molar-refractivity contribution >= 4 is 5.95 Å². The second-order valence-electron chi connectivity index (χ2n) is 4.73. The molecule has 7 nitrogen and oxygen atoms in total. The number of nitrogens with zero attached hydrogens (tertiary/aromatic N) is 3. The summed E-state index contributed by atoms with van der Waals surface area (Å²) in [4.78, 5) is 20.3. The fraction of sp³-hybridized carbons (Fsp3) is 0.417. The Morgan fingerprint density at radius 2 is 2.32 bits per heavy atom. The van der Waals surface area contributed by atoms with E-state index < -0.39 is 0 Å². The summed E-state index contributed by atoms with van der Waals surface area (Å²) in [7, 11) is 0. The van der Waals surface area contributed by atoms with Crippen LogP contribution in [0.3, 0.4) is 0 Å². The number of pyridine rings is 1. The van der Waals surface area contributed by atoms with Gasteiger partial charge in [0.2, 0.25) is 11.5 Å². The topological polar surface area (TPSA) is 89.7 Å². The molecule has 0 aliphatic carbocycles. The molecular weight excluding hydrogens is 244 g/mol. The van der Waals surface area contributed by atoms with E-state index in [1.54, 1.807) is 12.3 Å². The molecule has 1 unspecified atom stereocenters. The Morgan fingerprint density at radius 1 is 1.42 bits per heavy atom. The zero-order valence-electron chi connectivity index (χ0n) is 10.7. The molecule has 0 bridgehead atoms. The van der Waals surface area contributed by atoms with E-state index in [0.29, 0.717) is 17.8 Å². The summed E-state index contributed by atoms with van der Waals surface area (Å²) in [6.45, 7) is 4.86. The quantitative estimate of drug-likeness (QED) is 0.705. The number of hydrogen-bond donors (Lipinski definition) is 3. The van der Waals surface area contributed by atoms with Crippen LogP contribution in [-0.2, 0) is 0 Å². The zero-order valence-corrected chi connectivity index (χ0v) is 10.7. The molecule has 19 heavy (non-hydrogen) atoms. The second-order valence-corrected chi connectivity index (χ2v) is 4.73. The van der Waals surface area contributed by atoms with Gasteiger partial charge in [-0.25, -0.2) is 0 Å². The van der Waals surface area contributed by atoms with E-state index in [4.69, 9.17) is 0 Å². The third kappa shape index (κ3) is 2.50. The highest BCUT2D eigenvalue weighted by Gasteiger charge is 2.19. The van der Waals surface area contributed by atoms with E-state index in [9.17, 15) is 4.79 Å². The van der Waals surface area contributed by atoms with Crippen molar-refractivity contribution in [1.29, 1.82) is 0 Å². The number of rotatable bonds is 2. The first kappa shape index (κ1) is 11.9. The molecule has 3 N–H and O–H groups in total. The summed E-state index contributed by atoms with van der Waals surface area (Å²) >= 11 is 0. The number of aromatic nitrogens is 4. The first-order valence-corrected chi connectivity index (χ1v) is 6.32. The smallest absolute Gasteiger partial charge is 0.247 e. The van der Waals surface area contributed by atoms with Gasteiger partial charge in [0.15, 0.2) is 5.82 Å². The third-order valence-corrected chi connectivity index (χ3v) is 3.18. The lowest BCUT2D eigenvalue weighted by atomic mass is 10.2. The average molecular weight is 260 g/mol. The highest BCUT2D eigenvalue weighted by molar-refractivity contribution is 5.54. The monoisotopic (exact) mass is 260 g/mol. The van der Waals surface area contributed by atoms with Crippen molar-refractivity contribution in [1.82, 2.24) is 25.5 Å². The predicted octanol–water partition coefficient (Wildman–Crippen LogP) is -0.0419. The minimum Gasteiger partial charge on any atom is -0.337 e. The van der Waals surface area contributed by atoms with Crippen molar-refractivity contribution in [3.05, 3.63) is 28.7 Å². The lowest BCUT2D eigenvalue weighted by Crippen LogP contribution is -2.49. The molecule has 100 valence electrons. The second kappa shape index (κ2) is 4.85. The van der Waals surface area contributed by atoms with Gasteiger partial charge in [-0.15, -0.1) is 5.10 Å². The van der Waals surface area contributed by atoms with E-state index in [-0.39, 0.29) is 5.56 Å². The van der Waals surface area contributed by atoms with Crippen molar-refractivity contribution in [3.8, 4) is 11.4 Å². The molecule has 0 radical (unpaired) electrons. The Balaban J connectivity index is 1.82. The van der Waals surface area contributed by atoms with Crippen LogP contribution in [0.2, 0.25) is 0 Å². The van der Waals surface area contributed by atoms with E-state index in [1.807, 2.05) is 0 Å². The molecular formula is C12H16N6O. The molecule has 2 aromatic heterocycles. The molecule has 0 amide bonds. The van der Waals surface area contributed by atoms with Crippen LogP contribution >= 0.6 is 0 Å². The van der Waals surface area contributed by atoms with Gasteiger partial charge in [-0.05, 0) is 13.0 Å². The summed E-state index contributed by atoms with van der Waals surface area (Å²) in [6, 6.07) is 3.64. The Kier molecular flexibility index (Phi) is 3.04. The fourth-order valence-electron chi connectivity index (χ4n) is 2.20. The highest BCUT2D eigenvalue weighted by atomic mass is 16.1. The number of piperazine rings is 1. The van der Waals surface area contributed by atoms with Gasteiger partial charge < -0.3 is 15.2 Å². The van der Waals surface area contributed by atoms with Gasteiger partial charge in [-0.3, -0.25) is 9.89 Å². The molecule has 3 rings (SSSR count). The van der Waals surface area contributed by atoms with E-state index in [2.05, 4.69) is 37.3 Å². The van der Waals surface area contributed by atoms with Crippen LogP contribution in [0.1, 0.15) is 6.92 Å². The van der Waals surface area contributed by atoms with Gasteiger partial charge in [-0.1, -0.05) is 0 Å². The standard InChI is InChI=1S/C12H16N6O/c1-8-7-18(5-4-13-8)12-15-11(16-17-12)9-2-3-10(19)14-6-9/h2-3,6,8,13H,4-5,7H2,1H3,(H,14,19)(H,15,16,17). The molecule has 1 fully saturated rings. The minimum atomic E-state index is -0.126. The van der Waals surface area contributed by atoms with Gasteiger partial charge in [0.05, 0.1) is 0 Å². The molecule has 7 heteroatoms. The summed E-state index contributed by atoms with van der Waals surface area (Å²) in [5, 5.41) is 10.5. The van der Waals surface area contributed by atoms with Crippen molar-refractivity contribution < 1.29 is 0 Å². The number of hydrogen-bond acceptors (Lipinski definition) is 5. The van der Waals surface area contributed by atoms with Gasteiger partial charge in [-0.2, -0.15) is 4.98 Å². The van der Waals surface area contributed by atoms with Gasteiger partial charge in [0.1, 0.15) is 0 Å². The molecule has 1 aliphatic rings. The molecule has 1 aliphatic heterocycles. The molecule has 0 spiro atoms. The fourth-order valence-corrected chi connectivity index (χ4v) is 2.20.